The molecule has 1 aromatic carbocycles. The molecule has 0 saturated carbocycles. The molecule has 0 N–H and O–H groups in total. The van der Waals surface area contributed by atoms with E-state index in [4.69, 9.17) is 15.8 Å². The van der Waals surface area contributed by atoms with Crippen molar-refractivity contribution < 1.29 is 4.74 Å². The number of hydrogen-bond donors (Lipinski definition) is 0. The van der Waals surface area contributed by atoms with Gasteiger partial charge in [0.15, 0.2) is 7.38 Å². The molecule has 0 bridgehead atoms. The number of ether oxygens (including phenoxy) is 1. The zero-order valence-corrected chi connectivity index (χ0v) is 16.1. The third-order valence-electron chi connectivity index (χ3n) is 3.21. The van der Waals surface area contributed by atoms with Crippen molar-refractivity contribution in [3.8, 4) is 0 Å². The maximum absolute atomic E-state index is 6.43. The van der Waals surface area contributed by atoms with Crippen molar-refractivity contribution in [1.82, 2.24) is 0 Å². The Labute approximate surface area is 141 Å². The molecule has 0 fully saturated rings. The summed E-state index contributed by atoms with van der Waals surface area (Å²) in [5.74, 6) is 0.560. The van der Waals surface area contributed by atoms with E-state index in [9.17, 15) is 0 Å². The smallest absolute Gasteiger partial charge is 0.150 e. The second kappa shape index (κ2) is 10.0. The largest absolute Gasteiger partial charge is 0.373 e. The summed E-state index contributed by atoms with van der Waals surface area (Å²) < 4.78 is 5.69. The van der Waals surface area contributed by atoms with Crippen molar-refractivity contribution in [3.63, 3.8) is 0 Å². The van der Waals surface area contributed by atoms with Crippen molar-refractivity contribution in [2.75, 3.05) is 6.61 Å². The standard InChI is InChI=1S/C19H29ClOSi/c1-17(2)15-18(12-14-22(3,4)20)11-8-13-21-16-19-9-6-5-7-10-19/h5-11,15,17H,12-14,16H2,1-4H3/b11-8+,18-15+. The normalized spacial score (nSPS) is 13.3. The first-order valence-electron chi connectivity index (χ1n) is 8.04. The fourth-order valence-corrected chi connectivity index (χ4v) is 3.28. The van der Waals surface area contributed by atoms with Crippen LogP contribution in [-0.2, 0) is 11.3 Å². The molecule has 0 radical (unpaired) electrons. The third kappa shape index (κ3) is 9.99. The quantitative estimate of drug-likeness (QED) is 0.226. The Hall–Kier alpha value is -0.833. The molecule has 0 aliphatic heterocycles. The van der Waals surface area contributed by atoms with Crippen LogP contribution in [0.5, 0.6) is 0 Å². The summed E-state index contributed by atoms with van der Waals surface area (Å²) >= 11 is 6.43. The zero-order valence-electron chi connectivity index (χ0n) is 14.3. The van der Waals surface area contributed by atoms with Gasteiger partial charge in [-0.25, -0.2) is 0 Å². The molecule has 0 aromatic heterocycles. The van der Waals surface area contributed by atoms with E-state index in [2.05, 4.69) is 57.3 Å². The van der Waals surface area contributed by atoms with Gasteiger partial charge in [-0.3, -0.25) is 0 Å². The van der Waals surface area contributed by atoms with Gasteiger partial charge in [0.1, 0.15) is 0 Å². The van der Waals surface area contributed by atoms with Crippen molar-refractivity contribution >= 4 is 18.5 Å². The predicted molar refractivity (Wildman–Crippen MR) is 101 cm³/mol. The molecule has 0 unspecified atom stereocenters. The lowest BCUT2D eigenvalue weighted by molar-refractivity contribution is 0.148. The Morgan fingerprint density at radius 2 is 1.91 bits per heavy atom. The van der Waals surface area contributed by atoms with E-state index < -0.39 is 7.38 Å². The van der Waals surface area contributed by atoms with Crippen LogP contribution in [0.15, 0.2) is 54.1 Å². The van der Waals surface area contributed by atoms with E-state index in [0.717, 1.165) is 12.5 Å². The lowest BCUT2D eigenvalue weighted by atomic mass is 10.1. The molecule has 0 atom stereocenters. The maximum Gasteiger partial charge on any atom is 0.150 e. The molecule has 0 aliphatic carbocycles. The highest BCUT2D eigenvalue weighted by Crippen LogP contribution is 2.21. The molecule has 1 aromatic rings. The molecule has 0 amide bonds. The van der Waals surface area contributed by atoms with E-state index >= 15 is 0 Å². The molecule has 22 heavy (non-hydrogen) atoms. The van der Waals surface area contributed by atoms with Crippen molar-refractivity contribution in [2.24, 2.45) is 5.92 Å². The first kappa shape index (κ1) is 19.2. The van der Waals surface area contributed by atoms with E-state index in [0.29, 0.717) is 19.1 Å². The van der Waals surface area contributed by atoms with Crippen LogP contribution in [0.3, 0.4) is 0 Å². The molecule has 0 spiro atoms. The molecule has 0 saturated heterocycles. The van der Waals surface area contributed by atoms with E-state index in [1.807, 2.05) is 18.2 Å². The number of benzene rings is 1. The third-order valence-corrected chi connectivity index (χ3v) is 5.22. The van der Waals surface area contributed by atoms with Crippen molar-refractivity contribution in [2.45, 2.75) is 46.0 Å². The minimum absolute atomic E-state index is 0.560. The minimum Gasteiger partial charge on any atom is -0.373 e. The number of allylic oxidation sites excluding steroid dienone is 3. The van der Waals surface area contributed by atoms with Crippen LogP contribution in [0.1, 0.15) is 25.8 Å². The SMILES string of the molecule is CC(C)/C=C(\C=C\COCc1ccccc1)CC[Si](C)(C)Cl. The lowest BCUT2D eigenvalue weighted by Gasteiger charge is -2.13. The Bertz CT molecular complexity index is 472. The van der Waals surface area contributed by atoms with Crippen LogP contribution >= 0.6 is 11.1 Å². The number of rotatable bonds is 9. The van der Waals surface area contributed by atoms with Crippen LogP contribution in [0.25, 0.3) is 0 Å². The second-order valence-electron chi connectivity index (χ2n) is 6.61. The van der Waals surface area contributed by atoms with Gasteiger partial charge in [-0.1, -0.05) is 81.1 Å². The number of hydrogen-bond acceptors (Lipinski definition) is 1. The predicted octanol–water partition coefficient (Wildman–Crippen LogP) is 6.18. The van der Waals surface area contributed by atoms with Crippen LogP contribution in [0.2, 0.25) is 19.1 Å². The highest BCUT2D eigenvalue weighted by molar-refractivity contribution is 7.19. The summed E-state index contributed by atoms with van der Waals surface area (Å²) in [6.45, 7) is 10.1. The summed E-state index contributed by atoms with van der Waals surface area (Å²) in [6.07, 6.45) is 7.70. The van der Waals surface area contributed by atoms with Gasteiger partial charge in [-0.05, 0) is 23.9 Å². The van der Waals surface area contributed by atoms with Gasteiger partial charge in [-0.2, -0.15) is 11.1 Å². The van der Waals surface area contributed by atoms with Gasteiger partial charge in [0.25, 0.3) is 0 Å². The van der Waals surface area contributed by atoms with Crippen LogP contribution in [-0.4, -0.2) is 14.0 Å². The van der Waals surface area contributed by atoms with Crippen molar-refractivity contribution in [3.05, 3.63) is 59.7 Å². The van der Waals surface area contributed by atoms with Gasteiger partial charge in [-0.15, -0.1) is 0 Å². The molecular weight excluding hydrogens is 308 g/mol. The highest BCUT2D eigenvalue weighted by atomic mass is 35.6. The minimum atomic E-state index is -1.50. The maximum atomic E-state index is 6.43. The summed E-state index contributed by atoms with van der Waals surface area (Å²) in [4.78, 5) is 0. The summed E-state index contributed by atoms with van der Waals surface area (Å²) in [5, 5.41) is 0. The van der Waals surface area contributed by atoms with Gasteiger partial charge in [0.05, 0.1) is 13.2 Å². The zero-order chi connectivity index (χ0) is 16.4. The van der Waals surface area contributed by atoms with E-state index in [-0.39, 0.29) is 0 Å². The van der Waals surface area contributed by atoms with Crippen LogP contribution < -0.4 is 0 Å². The average Bonchev–Trinajstić information content (AvgIpc) is 2.44. The lowest BCUT2D eigenvalue weighted by Crippen LogP contribution is -2.15. The Morgan fingerprint density at radius 3 is 2.50 bits per heavy atom. The van der Waals surface area contributed by atoms with Gasteiger partial charge in [0.2, 0.25) is 0 Å². The number of halogens is 1. The molecule has 1 nitrogen and oxygen atoms in total. The van der Waals surface area contributed by atoms with Crippen LogP contribution in [0, 0.1) is 5.92 Å². The summed E-state index contributed by atoms with van der Waals surface area (Å²) in [5.41, 5.74) is 2.59. The van der Waals surface area contributed by atoms with E-state index in [1.165, 1.54) is 11.1 Å². The Kier molecular flexibility index (Phi) is 8.77. The fraction of sp³-hybridized carbons (Fsp3) is 0.474. The van der Waals surface area contributed by atoms with Gasteiger partial charge < -0.3 is 4.74 Å². The first-order valence-corrected chi connectivity index (χ1v) is 12.3. The average molecular weight is 337 g/mol. The van der Waals surface area contributed by atoms with Gasteiger partial charge in [0, 0.05) is 0 Å². The van der Waals surface area contributed by atoms with E-state index in [1.54, 1.807) is 0 Å². The highest BCUT2D eigenvalue weighted by Gasteiger charge is 2.16. The summed E-state index contributed by atoms with van der Waals surface area (Å²) in [7, 11) is -1.50. The molecule has 1 rings (SSSR count). The molecule has 0 heterocycles. The molecule has 0 aliphatic rings. The Morgan fingerprint density at radius 1 is 1.23 bits per heavy atom. The Balaban J connectivity index is 2.41. The molecule has 122 valence electrons. The monoisotopic (exact) mass is 336 g/mol. The summed E-state index contributed by atoms with van der Waals surface area (Å²) in [6, 6.07) is 11.4. The topological polar surface area (TPSA) is 9.23 Å². The first-order chi connectivity index (χ1) is 10.4. The van der Waals surface area contributed by atoms with Crippen LogP contribution in [0.4, 0.5) is 0 Å². The fourth-order valence-electron chi connectivity index (χ4n) is 2.11. The molecular formula is C19H29ClOSi. The molecule has 3 heteroatoms. The van der Waals surface area contributed by atoms with Gasteiger partial charge >= 0.3 is 0 Å². The van der Waals surface area contributed by atoms with Crippen molar-refractivity contribution in [1.29, 1.82) is 0 Å². The second-order valence-corrected chi connectivity index (χ2v) is 13.6.